The molecule has 0 aromatic rings. The third-order valence-corrected chi connectivity index (χ3v) is 2.74. The van der Waals surface area contributed by atoms with Crippen molar-refractivity contribution in [2.24, 2.45) is 0 Å². The van der Waals surface area contributed by atoms with Crippen LogP contribution in [0.5, 0.6) is 0 Å². The molecule has 0 bridgehead atoms. The smallest absolute Gasteiger partial charge is 0.114 e. The predicted octanol–water partition coefficient (Wildman–Crippen LogP) is 0.971. The number of ether oxygens (including phenoxy) is 3. The van der Waals surface area contributed by atoms with E-state index < -0.39 is 0 Å². The van der Waals surface area contributed by atoms with Gasteiger partial charge >= 0.3 is 0 Å². The first kappa shape index (κ1) is 8.48. The molecule has 12 heavy (non-hydrogen) atoms. The molecule has 1 unspecified atom stereocenters. The van der Waals surface area contributed by atoms with Crippen molar-refractivity contribution in [3.8, 4) is 0 Å². The van der Waals surface area contributed by atoms with Gasteiger partial charge in [0.2, 0.25) is 0 Å². The maximum absolute atomic E-state index is 5.77. The Kier molecular flexibility index (Phi) is 2.35. The molecule has 2 heterocycles. The molecule has 2 rings (SSSR count). The Morgan fingerprint density at radius 3 is 2.58 bits per heavy atom. The first-order valence-electron chi connectivity index (χ1n) is 4.68. The van der Waals surface area contributed by atoms with Crippen LogP contribution in [-0.2, 0) is 14.2 Å². The summed E-state index contributed by atoms with van der Waals surface area (Å²) in [4.78, 5) is 0. The largest absolute Gasteiger partial charge is 0.376 e. The second-order valence-electron chi connectivity index (χ2n) is 3.62. The molecule has 0 radical (unpaired) electrons. The molecule has 0 spiro atoms. The summed E-state index contributed by atoms with van der Waals surface area (Å²) in [6.07, 6.45) is 2.55. The maximum Gasteiger partial charge on any atom is 0.114 e. The van der Waals surface area contributed by atoms with Crippen molar-refractivity contribution in [1.29, 1.82) is 0 Å². The van der Waals surface area contributed by atoms with Crippen molar-refractivity contribution in [3.63, 3.8) is 0 Å². The quantitative estimate of drug-likeness (QED) is 0.632. The molecule has 1 atom stereocenters. The topological polar surface area (TPSA) is 27.7 Å². The van der Waals surface area contributed by atoms with Crippen LogP contribution in [0.15, 0.2) is 0 Å². The lowest BCUT2D eigenvalue weighted by atomic mass is 9.98. The van der Waals surface area contributed by atoms with Gasteiger partial charge in [-0.05, 0) is 12.8 Å². The van der Waals surface area contributed by atoms with Crippen molar-refractivity contribution in [2.75, 3.05) is 26.4 Å². The molecule has 2 saturated heterocycles. The zero-order chi connectivity index (χ0) is 8.44. The fraction of sp³-hybridized carbons (Fsp3) is 1.00. The highest BCUT2D eigenvalue weighted by Gasteiger charge is 2.38. The Morgan fingerprint density at radius 2 is 2.25 bits per heavy atom. The van der Waals surface area contributed by atoms with Gasteiger partial charge in [0.05, 0.1) is 25.9 Å². The summed E-state index contributed by atoms with van der Waals surface area (Å²) in [5, 5.41) is 0. The van der Waals surface area contributed by atoms with Gasteiger partial charge in [-0.25, -0.2) is 0 Å². The lowest BCUT2D eigenvalue weighted by Gasteiger charge is -2.42. The van der Waals surface area contributed by atoms with Crippen LogP contribution >= 0.6 is 0 Å². The van der Waals surface area contributed by atoms with E-state index in [0.717, 1.165) is 39.3 Å². The van der Waals surface area contributed by atoms with Gasteiger partial charge in [0.15, 0.2) is 0 Å². The summed E-state index contributed by atoms with van der Waals surface area (Å²) in [5.41, 5.74) is 0.0267. The van der Waals surface area contributed by atoms with E-state index >= 15 is 0 Å². The minimum Gasteiger partial charge on any atom is -0.376 e. The highest BCUT2D eigenvalue weighted by Crippen LogP contribution is 2.26. The van der Waals surface area contributed by atoms with E-state index in [1.54, 1.807) is 0 Å². The summed E-state index contributed by atoms with van der Waals surface area (Å²) in [6, 6.07) is 0. The summed E-state index contributed by atoms with van der Waals surface area (Å²) in [7, 11) is 0. The van der Waals surface area contributed by atoms with Gasteiger partial charge in [0.25, 0.3) is 0 Å². The first-order valence-corrected chi connectivity index (χ1v) is 4.68. The van der Waals surface area contributed by atoms with Gasteiger partial charge < -0.3 is 14.2 Å². The molecule has 0 aromatic heterocycles. The zero-order valence-electron chi connectivity index (χ0n) is 7.54. The molecule has 3 heteroatoms. The van der Waals surface area contributed by atoms with Gasteiger partial charge in [0, 0.05) is 6.61 Å². The van der Waals surface area contributed by atoms with Crippen LogP contribution in [0.1, 0.15) is 19.8 Å². The highest BCUT2D eigenvalue weighted by molar-refractivity contribution is 4.86. The lowest BCUT2D eigenvalue weighted by molar-refractivity contribution is -0.232. The average Bonchev–Trinajstić information content (AvgIpc) is 1.91. The summed E-state index contributed by atoms with van der Waals surface area (Å²) >= 11 is 0. The van der Waals surface area contributed by atoms with Crippen LogP contribution in [0.3, 0.4) is 0 Å². The van der Waals surface area contributed by atoms with Crippen LogP contribution in [0.4, 0.5) is 0 Å². The van der Waals surface area contributed by atoms with E-state index in [2.05, 4.69) is 6.92 Å². The highest BCUT2D eigenvalue weighted by atomic mass is 16.6. The maximum atomic E-state index is 5.77. The molecule has 70 valence electrons. The molecule has 0 aliphatic carbocycles. The average molecular weight is 172 g/mol. The Hall–Kier alpha value is -0.120. The van der Waals surface area contributed by atoms with E-state index in [-0.39, 0.29) is 5.60 Å². The van der Waals surface area contributed by atoms with Gasteiger partial charge in [-0.2, -0.15) is 0 Å². The van der Waals surface area contributed by atoms with Crippen molar-refractivity contribution in [2.45, 2.75) is 31.5 Å². The Balaban J connectivity index is 1.69. The van der Waals surface area contributed by atoms with Crippen LogP contribution in [0.25, 0.3) is 0 Å². The first-order chi connectivity index (χ1) is 5.85. The summed E-state index contributed by atoms with van der Waals surface area (Å²) < 4.78 is 16.2. The fourth-order valence-corrected chi connectivity index (χ4v) is 1.40. The van der Waals surface area contributed by atoms with Gasteiger partial charge in [-0.15, -0.1) is 0 Å². The molecule has 0 amide bonds. The Bertz CT molecular complexity index is 144. The molecule has 2 aliphatic rings. The summed E-state index contributed by atoms with van der Waals surface area (Å²) in [6.45, 7) is 5.32. The third kappa shape index (κ3) is 1.49. The second kappa shape index (κ2) is 3.32. The molecule has 2 aliphatic heterocycles. The van der Waals surface area contributed by atoms with Gasteiger partial charge in [0.1, 0.15) is 5.60 Å². The zero-order valence-corrected chi connectivity index (χ0v) is 7.54. The van der Waals surface area contributed by atoms with E-state index in [1.807, 2.05) is 0 Å². The van der Waals surface area contributed by atoms with Gasteiger partial charge in [-0.3, -0.25) is 0 Å². The van der Waals surface area contributed by atoms with Crippen LogP contribution in [0, 0.1) is 0 Å². The third-order valence-electron chi connectivity index (χ3n) is 2.74. The normalized spacial score (nSPS) is 32.2. The van der Waals surface area contributed by atoms with Crippen molar-refractivity contribution < 1.29 is 14.2 Å². The molecular weight excluding hydrogens is 156 g/mol. The van der Waals surface area contributed by atoms with Crippen LogP contribution in [-0.4, -0.2) is 38.1 Å². The number of hydrogen-bond acceptors (Lipinski definition) is 3. The molecular formula is C9H16O3. The standard InChI is InChI=1S/C9H16O3/c1-2-9(6-10-7-9)12-5-8-3-4-11-8/h8H,2-7H2,1H3. The monoisotopic (exact) mass is 172 g/mol. The van der Waals surface area contributed by atoms with E-state index in [1.165, 1.54) is 0 Å². The Morgan fingerprint density at radius 1 is 1.50 bits per heavy atom. The second-order valence-corrected chi connectivity index (χ2v) is 3.62. The fourth-order valence-electron chi connectivity index (χ4n) is 1.40. The molecule has 0 aromatic carbocycles. The predicted molar refractivity (Wildman–Crippen MR) is 44.2 cm³/mol. The van der Waals surface area contributed by atoms with Crippen LogP contribution < -0.4 is 0 Å². The van der Waals surface area contributed by atoms with Crippen molar-refractivity contribution in [1.82, 2.24) is 0 Å². The Labute approximate surface area is 73.0 Å². The van der Waals surface area contributed by atoms with Crippen LogP contribution in [0.2, 0.25) is 0 Å². The molecule has 0 N–H and O–H groups in total. The molecule has 2 fully saturated rings. The van der Waals surface area contributed by atoms with E-state index in [9.17, 15) is 0 Å². The summed E-state index contributed by atoms with van der Waals surface area (Å²) in [5.74, 6) is 0. The molecule has 3 nitrogen and oxygen atoms in total. The minimum absolute atomic E-state index is 0.0267. The molecule has 0 saturated carbocycles. The number of rotatable bonds is 4. The van der Waals surface area contributed by atoms with Gasteiger partial charge in [-0.1, -0.05) is 6.92 Å². The lowest BCUT2D eigenvalue weighted by Crippen LogP contribution is -2.53. The van der Waals surface area contributed by atoms with Crippen molar-refractivity contribution in [3.05, 3.63) is 0 Å². The van der Waals surface area contributed by atoms with E-state index in [0.29, 0.717) is 6.10 Å². The van der Waals surface area contributed by atoms with E-state index in [4.69, 9.17) is 14.2 Å². The minimum atomic E-state index is 0.0267. The van der Waals surface area contributed by atoms with Crippen molar-refractivity contribution >= 4 is 0 Å². The SMILES string of the molecule is CCC1(OCC2CCO2)COC1. The number of hydrogen-bond donors (Lipinski definition) is 0.